The van der Waals surface area contributed by atoms with Crippen molar-refractivity contribution in [2.24, 2.45) is 0 Å². The standard InChI is InChI=1S/C15H17NO3/c1-15(2,3)13-10-6-5-9(19-4)7-12(10)16-8-11(13)14(17)18/h5-8H,1-4H3,(H,17,18). The predicted octanol–water partition coefficient (Wildman–Crippen LogP) is 3.24. The van der Waals surface area contributed by atoms with Crippen LogP contribution in [0.4, 0.5) is 0 Å². The highest BCUT2D eigenvalue weighted by Gasteiger charge is 2.24. The number of hydrogen-bond acceptors (Lipinski definition) is 3. The van der Waals surface area contributed by atoms with E-state index in [1.807, 2.05) is 39.0 Å². The highest BCUT2D eigenvalue weighted by molar-refractivity contribution is 5.97. The normalized spacial score (nSPS) is 11.6. The highest BCUT2D eigenvalue weighted by atomic mass is 16.5. The third-order valence-corrected chi connectivity index (χ3v) is 3.06. The molecule has 4 heteroatoms. The second-order valence-electron chi connectivity index (χ2n) is 5.49. The number of nitrogens with zero attached hydrogens (tertiary/aromatic N) is 1. The quantitative estimate of drug-likeness (QED) is 0.899. The van der Waals surface area contributed by atoms with Crippen LogP contribution in [0.3, 0.4) is 0 Å². The predicted molar refractivity (Wildman–Crippen MR) is 74.0 cm³/mol. The maximum absolute atomic E-state index is 11.4. The molecule has 0 bridgehead atoms. The van der Waals surface area contributed by atoms with Gasteiger partial charge in [-0.3, -0.25) is 4.98 Å². The Bertz CT molecular complexity index is 642. The van der Waals surface area contributed by atoms with Gasteiger partial charge >= 0.3 is 5.97 Å². The third kappa shape index (κ3) is 2.38. The lowest BCUT2D eigenvalue weighted by Gasteiger charge is -2.23. The van der Waals surface area contributed by atoms with E-state index in [-0.39, 0.29) is 11.0 Å². The van der Waals surface area contributed by atoms with Gasteiger partial charge in [0.1, 0.15) is 5.75 Å². The average molecular weight is 259 g/mol. The molecule has 100 valence electrons. The van der Waals surface area contributed by atoms with Gasteiger partial charge in [-0.2, -0.15) is 0 Å². The van der Waals surface area contributed by atoms with Crippen molar-refractivity contribution in [3.8, 4) is 5.75 Å². The zero-order valence-corrected chi connectivity index (χ0v) is 11.5. The molecule has 1 aromatic heterocycles. The molecule has 2 aromatic rings. The van der Waals surface area contributed by atoms with Gasteiger partial charge in [-0.1, -0.05) is 20.8 Å². The van der Waals surface area contributed by atoms with Gasteiger partial charge in [0.25, 0.3) is 0 Å². The molecule has 0 saturated carbocycles. The molecule has 1 N–H and O–H groups in total. The van der Waals surface area contributed by atoms with Crippen molar-refractivity contribution < 1.29 is 14.6 Å². The van der Waals surface area contributed by atoms with E-state index in [0.717, 1.165) is 16.5 Å². The summed E-state index contributed by atoms with van der Waals surface area (Å²) >= 11 is 0. The molecule has 19 heavy (non-hydrogen) atoms. The van der Waals surface area contributed by atoms with Crippen molar-refractivity contribution in [2.75, 3.05) is 7.11 Å². The number of methoxy groups -OCH3 is 1. The Hall–Kier alpha value is -2.10. The summed E-state index contributed by atoms with van der Waals surface area (Å²) in [5.74, 6) is -0.238. The van der Waals surface area contributed by atoms with Crippen LogP contribution in [0, 0.1) is 0 Å². The molecule has 0 spiro atoms. The molecule has 1 heterocycles. The maximum Gasteiger partial charge on any atom is 0.337 e. The lowest BCUT2D eigenvalue weighted by Crippen LogP contribution is -2.18. The van der Waals surface area contributed by atoms with Crippen LogP contribution in [0.5, 0.6) is 5.75 Å². The molecule has 4 nitrogen and oxygen atoms in total. The van der Waals surface area contributed by atoms with Gasteiger partial charge in [-0.25, -0.2) is 4.79 Å². The second kappa shape index (κ2) is 4.53. The second-order valence-corrected chi connectivity index (χ2v) is 5.49. The molecular formula is C15H17NO3. The minimum atomic E-state index is -0.949. The molecular weight excluding hydrogens is 242 g/mol. The smallest absolute Gasteiger partial charge is 0.337 e. The molecule has 1 aromatic carbocycles. The Morgan fingerprint density at radius 2 is 2.00 bits per heavy atom. The van der Waals surface area contributed by atoms with Crippen molar-refractivity contribution in [1.82, 2.24) is 4.98 Å². The van der Waals surface area contributed by atoms with Crippen LogP contribution in [-0.4, -0.2) is 23.2 Å². The van der Waals surface area contributed by atoms with E-state index in [4.69, 9.17) is 4.74 Å². The van der Waals surface area contributed by atoms with Crippen LogP contribution < -0.4 is 4.74 Å². The molecule has 0 aliphatic rings. The summed E-state index contributed by atoms with van der Waals surface area (Å²) in [4.78, 5) is 15.6. The van der Waals surface area contributed by atoms with Gasteiger partial charge in [-0.15, -0.1) is 0 Å². The number of aromatic carboxylic acids is 1. The lowest BCUT2D eigenvalue weighted by molar-refractivity contribution is 0.0694. The highest BCUT2D eigenvalue weighted by Crippen LogP contribution is 2.33. The summed E-state index contributed by atoms with van der Waals surface area (Å²) in [6, 6.07) is 5.51. The van der Waals surface area contributed by atoms with Gasteiger partial charge in [0.15, 0.2) is 0 Å². The van der Waals surface area contributed by atoms with E-state index in [1.54, 1.807) is 7.11 Å². The first-order chi connectivity index (χ1) is 8.84. The number of ether oxygens (including phenoxy) is 1. The fourth-order valence-corrected chi connectivity index (χ4v) is 2.27. The lowest BCUT2D eigenvalue weighted by atomic mass is 9.82. The third-order valence-electron chi connectivity index (χ3n) is 3.06. The van der Waals surface area contributed by atoms with Gasteiger partial charge in [0.05, 0.1) is 18.2 Å². The van der Waals surface area contributed by atoms with Crippen molar-refractivity contribution in [3.63, 3.8) is 0 Å². The van der Waals surface area contributed by atoms with Gasteiger partial charge in [0, 0.05) is 17.6 Å². The molecule has 0 atom stereocenters. The number of benzene rings is 1. The number of rotatable bonds is 2. The number of fused-ring (bicyclic) bond motifs is 1. The molecule has 0 radical (unpaired) electrons. The SMILES string of the molecule is COc1ccc2c(C(C)(C)C)c(C(=O)O)cnc2c1. The van der Waals surface area contributed by atoms with E-state index >= 15 is 0 Å². The molecule has 0 saturated heterocycles. The summed E-state index contributed by atoms with van der Waals surface area (Å²) in [6.45, 7) is 6.00. The van der Waals surface area contributed by atoms with Crippen molar-refractivity contribution in [1.29, 1.82) is 0 Å². The number of carbonyl (C=O) groups is 1. The number of hydrogen-bond donors (Lipinski definition) is 1. The summed E-state index contributed by atoms with van der Waals surface area (Å²) in [6.07, 6.45) is 1.42. The van der Waals surface area contributed by atoms with Crippen LogP contribution in [0.25, 0.3) is 10.9 Å². The fraction of sp³-hybridized carbons (Fsp3) is 0.333. The van der Waals surface area contributed by atoms with Crippen LogP contribution in [0.1, 0.15) is 36.7 Å². The Morgan fingerprint density at radius 1 is 1.32 bits per heavy atom. The number of pyridine rings is 1. The van der Waals surface area contributed by atoms with Gasteiger partial charge in [-0.05, 0) is 23.1 Å². The number of carboxylic acid groups (broad SMARTS) is 1. The van der Waals surface area contributed by atoms with Crippen LogP contribution in [0.15, 0.2) is 24.4 Å². The van der Waals surface area contributed by atoms with E-state index in [2.05, 4.69) is 4.98 Å². The molecule has 2 rings (SSSR count). The van der Waals surface area contributed by atoms with Crippen molar-refractivity contribution in [2.45, 2.75) is 26.2 Å². The van der Waals surface area contributed by atoms with Gasteiger partial charge < -0.3 is 9.84 Å². The average Bonchev–Trinajstić information content (AvgIpc) is 2.35. The first kappa shape index (κ1) is 13.3. The van der Waals surface area contributed by atoms with Crippen LogP contribution >= 0.6 is 0 Å². The molecule has 0 aliphatic heterocycles. The minimum absolute atomic E-state index is 0.255. The Labute approximate surface area is 112 Å². The molecule has 0 amide bonds. The van der Waals surface area contributed by atoms with Gasteiger partial charge in [0.2, 0.25) is 0 Å². The summed E-state index contributed by atoms with van der Waals surface area (Å²) in [5, 5.41) is 10.2. The van der Waals surface area contributed by atoms with E-state index in [9.17, 15) is 9.90 Å². The maximum atomic E-state index is 11.4. The van der Waals surface area contributed by atoms with Crippen molar-refractivity contribution >= 4 is 16.9 Å². The number of carboxylic acids is 1. The topological polar surface area (TPSA) is 59.4 Å². The summed E-state index contributed by atoms with van der Waals surface area (Å²) < 4.78 is 5.17. The van der Waals surface area contributed by atoms with Crippen LogP contribution in [-0.2, 0) is 5.41 Å². The van der Waals surface area contributed by atoms with Crippen molar-refractivity contribution in [3.05, 3.63) is 35.5 Å². The summed E-state index contributed by atoms with van der Waals surface area (Å²) in [7, 11) is 1.59. The Kier molecular flexibility index (Phi) is 3.18. The fourth-order valence-electron chi connectivity index (χ4n) is 2.27. The van der Waals surface area contributed by atoms with E-state index < -0.39 is 5.97 Å². The zero-order valence-electron chi connectivity index (χ0n) is 11.5. The largest absolute Gasteiger partial charge is 0.497 e. The molecule has 0 aliphatic carbocycles. The zero-order chi connectivity index (χ0) is 14.2. The minimum Gasteiger partial charge on any atom is -0.497 e. The molecule has 0 unspecified atom stereocenters. The molecule has 0 fully saturated rings. The Morgan fingerprint density at radius 3 is 2.53 bits per heavy atom. The monoisotopic (exact) mass is 259 g/mol. The summed E-state index contributed by atoms with van der Waals surface area (Å²) in [5.41, 5.74) is 1.52. The van der Waals surface area contributed by atoms with E-state index in [1.165, 1.54) is 6.20 Å². The number of aromatic nitrogens is 1. The Balaban J connectivity index is 2.84. The first-order valence-corrected chi connectivity index (χ1v) is 6.05. The van der Waals surface area contributed by atoms with Crippen LogP contribution in [0.2, 0.25) is 0 Å². The first-order valence-electron chi connectivity index (χ1n) is 6.05. The van der Waals surface area contributed by atoms with E-state index in [0.29, 0.717) is 5.75 Å².